The van der Waals surface area contributed by atoms with Gasteiger partial charge in [-0.05, 0) is 43.2 Å². The minimum Gasteiger partial charge on any atom is -0.346 e. The zero-order valence-corrected chi connectivity index (χ0v) is 16.1. The van der Waals surface area contributed by atoms with Gasteiger partial charge in [0.15, 0.2) is 0 Å². The van der Waals surface area contributed by atoms with E-state index in [4.69, 9.17) is 0 Å². The molecule has 1 aromatic heterocycles. The lowest BCUT2D eigenvalue weighted by atomic mass is 10.1. The minimum absolute atomic E-state index is 0.0576. The van der Waals surface area contributed by atoms with Gasteiger partial charge in [-0.25, -0.2) is 4.98 Å². The summed E-state index contributed by atoms with van der Waals surface area (Å²) in [6.45, 7) is 3.89. The average molecular weight is 379 g/mol. The Morgan fingerprint density at radius 1 is 0.963 bits per heavy atom. The molecule has 0 unspecified atom stereocenters. The van der Waals surface area contributed by atoms with Gasteiger partial charge < -0.3 is 10.6 Å². The van der Waals surface area contributed by atoms with Gasteiger partial charge >= 0.3 is 0 Å². The van der Waals surface area contributed by atoms with Gasteiger partial charge in [-0.15, -0.1) is 0 Å². The topological polar surface area (TPSA) is 71.1 Å². The van der Waals surface area contributed by atoms with Crippen molar-refractivity contribution in [1.82, 2.24) is 10.3 Å². The molecule has 1 heterocycles. The summed E-state index contributed by atoms with van der Waals surface area (Å²) in [5.74, 6) is -0.237. The highest BCUT2D eigenvalue weighted by Gasteiger charge is 2.09. The van der Waals surface area contributed by atoms with Crippen LogP contribution in [-0.4, -0.2) is 29.1 Å². The number of hydrogen-bond donors (Lipinski definition) is 2. The minimum atomic E-state index is -0.245. The first-order valence-electron chi connectivity index (χ1n) is 8.64. The van der Waals surface area contributed by atoms with Crippen LogP contribution >= 0.6 is 11.8 Å². The second kappa shape index (κ2) is 8.68. The van der Waals surface area contributed by atoms with Gasteiger partial charge in [0.25, 0.3) is 0 Å². The van der Waals surface area contributed by atoms with Gasteiger partial charge in [0, 0.05) is 11.1 Å². The zero-order chi connectivity index (χ0) is 19.2. The summed E-state index contributed by atoms with van der Waals surface area (Å²) in [7, 11) is 0. The van der Waals surface area contributed by atoms with Crippen LogP contribution in [0.15, 0.2) is 59.6 Å². The van der Waals surface area contributed by atoms with E-state index in [9.17, 15) is 9.59 Å². The van der Waals surface area contributed by atoms with E-state index in [0.717, 1.165) is 32.7 Å². The molecule has 0 aliphatic heterocycles. The van der Waals surface area contributed by atoms with E-state index in [-0.39, 0.29) is 24.1 Å². The molecule has 2 aromatic carbocycles. The molecule has 0 atom stereocenters. The van der Waals surface area contributed by atoms with Crippen molar-refractivity contribution in [3.05, 3.63) is 65.7 Å². The second-order valence-electron chi connectivity index (χ2n) is 6.20. The smallest absolute Gasteiger partial charge is 0.243 e. The predicted molar refractivity (Wildman–Crippen MR) is 110 cm³/mol. The van der Waals surface area contributed by atoms with Crippen LogP contribution in [0.1, 0.15) is 11.1 Å². The first-order chi connectivity index (χ1) is 13.0. The molecule has 27 heavy (non-hydrogen) atoms. The number of para-hydroxylation sites is 1. The van der Waals surface area contributed by atoms with Crippen LogP contribution in [0.25, 0.3) is 10.9 Å². The van der Waals surface area contributed by atoms with Crippen molar-refractivity contribution in [2.24, 2.45) is 0 Å². The Morgan fingerprint density at radius 2 is 1.78 bits per heavy atom. The first-order valence-corrected chi connectivity index (χ1v) is 9.63. The lowest BCUT2D eigenvalue weighted by Crippen LogP contribution is -2.34. The molecule has 138 valence electrons. The van der Waals surface area contributed by atoms with Crippen molar-refractivity contribution < 1.29 is 9.59 Å². The highest BCUT2D eigenvalue weighted by molar-refractivity contribution is 7.99. The van der Waals surface area contributed by atoms with Crippen LogP contribution in [0.5, 0.6) is 0 Å². The van der Waals surface area contributed by atoms with Crippen molar-refractivity contribution in [3.63, 3.8) is 0 Å². The number of hydrogen-bond acceptors (Lipinski definition) is 4. The molecule has 5 nitrogen and oxygen atoms in total. The van der Waals surface area contributed by atoms with E-state index in [0.29, 0.717) is 0 Å². The number of nitrogens with zero attached hydrogens (tertiary/aromatic N) is 1. The van der Waals surface area contributed by atoms with Crippen molar-refractivity contribution in [3.8, 4) is 0 Å². The van der Waals surface area contributed by atoms with Gasteiger partial charge in [0.05, 0.1) is 22.8 Å². The van der Waals surface area contributed by atoms with E-state index >= 15 is 0 Å². The highest BCUT2D eigenvalue weighted by atomic mass is 32.2. The molecule has 0 bridgehead atoms. The fourth-order valence-electron chi connectivity index (χ4n) is 2.58. The molecule has 2 N–H and O–H groups in total. The number of benzene rings is 2. The van der Waals surface area contributed by atoms with Crippen LogP contribution in [0.2, 0.25) is 0 Å². The molecule has 0 radical (unpaired) electrons. The third-order valence-corrected chi connectivity index (χ3v) is 5.18. The van der Waals surface area contributed by atoms with E-state index in [1.54, 1.807) is 0 Å². The average Bonchev–Trinajstić information content (AvgIpc) is 2.68. The third kappa shape index (κ3) is 5.08. The largest absolute Gasteiger partial charge is 0.346 e. The second-order valence-corrected chi connectivity index (χ2v) is 7.20. The maximum Gasteiger partial charge on any atom is 0.243 e. The highest BCUT2D eigenvalue weighted by Crippen LogP contribution is 2.20. The summed E-state index contributed by atoms with van der Waals surface area (Å²) in [5.41, 5.74) is 3.80. The number of aromatic nitrogens is 1. The number of fused-ring (bicyclic) bond motifs is 1. The molecule has 3 rings (SSSR count). The van der Waals surface area contributed by atoms with Gasteiger partial charge in [0.2, 0.25) is 11.8 Å². The molecule has 0 aliphatic carbocycles. The Balaban J connectivity index is 1.47. The molecule has 0 spiro atoms. The predicted octanol–water partition coefficient (Wildman–Crippen LogP) is 3.70. The maximum atomic E-state index is 12.1. The molecular formula is C21H21N3O2S. The normalized spacial score (nSPS) is 10.6. The van der Waals surface area contributed by atoms with Crippen molar-refractivity contribution in [2.75, 3.05) is 17.6 Å². The van der Waals surface area contributed by atoms with Gasteiger partial charge in [-0.3, -0.25) is 9.59 Å². The summed E-state index contributed by atoms with van der Waals surface area (Å²) in [5, 5.41) is 7.32. The lowest BCUT2D eigenvalue weighted by molar-refractivity contribution is -0.122. The molecule has 0 fully saturated rings. The number of amides is 2. The third-order valence-electron chi connectivity index (χ3n) is 4.25. The van der Waals surface area contributed by atoms with E-state index < -0.39 is 0 Å². The number of anilines is 1. The zero-order valence-electron chi connectivity index (χ0n) is 15.3. The Kier molecular flexibility index (Phi) is 6.08. The Hall–Kier alpha value is -2.86. The van der Waals surface area contributed by atoms with Gasteiger partial charge in [0.1, 0.15) is 0 Å². The maximum absolute atomic E-state index is 12.1. The van der Waals surface area contributed by atoms with Crippen molar-refractivity contribution >= 4 is 40.2 Å². The SMILES string of the molecule is Cc1cccc(NC(=O)CNC(=O)CSc2ccc3ccccc3n2)c1C. The number of rotatable bonds is 6. The first kappa shape index (κ1) is 18.9. The molecule has 6 heteroatoms. The summed E-state index contributed by atoms with van der Waals surface area (Å²) >= 11 is 1.35. The van der Waals surface area contributed by atoms with Crippen LogP contribution in [0, 0.1) is 13.8 Å². The molecule has 3 aromatic rings. The number of carbonyl (C=O) groups is 2. The molecule has 0 saturated carbocycles. The van der Waals surface area contributed by atoms with E-state index in [1.165, 1.54) is 11.8 Å². The van der Waals surface area contributed by atoms with E-state index in [2.05, 4.69) is 15.6 Å². The molecular weight excluding hydrogens is 358 g/mol. The fourth-order valence-corrected chi connectivity index (χ4v) is 3.29. The van der Waals surface area contributed by atoms with Crippen LogP contribution in [-0.2, 0) is 9.59 Å². The van der Waals surface area contributed by atoms with Crippen LogP contribution in [0.4, 0.5) is 5.69 Å². The van der Waals surface area contributed by atoms with Crippen LogP contribution in [0.3, 0.4) is 0 Å². The monoisotopic (exact) mass is 379 g/mol. The summed E-state index contributed by atoms with van der Waals surface area (Å²) in [6, 6.07) is 17.5. The molecule has 0 saturated heterocycles. The summed E-state index contributed by atoms with van der Waals surface area (Å²) in [4.78, 5) is 28.6. The summed E-state index contributed by atoms with van der Waals surface area (Å²) in [6.07, 6.45) is 0. The summed E-state index contributed by atoms with van der Waals surface area (Å²) < 4.78 is 0. The number of carbonyl (C=O) groups excluding carboxylic acids is 2. The fraction of sp³-hybridized carbons (Fsp3) is 0.190. The van der Waals surface area contributed by atoms with Gasteiger partial charge in [-0.1, -0.05) is 48.2 Å². The Bertz CT molecular complexity index is 988. The molecule has 2 amide bonds. The quantitative estimate of drug-likeness (QED) is 0.641. The number of pyridine rings is 1. The molecule has 0 aliphatic rings. The standard InChI is InChI=1S/C21H21N3O2S/c1-14-6-5-9-17(15(14)2)23-19(25)12-22-20(26)13-27-21-11-10-16-7-3-4-8-18(16)24-21/h3-11H,12-13H2,1-2H3,(H,22,26)(H,23,25). The van der Waals surface area contributed by atoms with Crippen LogP contribution < -0.4 is 10.6 Å². The number of aryl methyl sites for hydroxylation is 1. The van der Waals surface area contributed by atoms with Gasteiger partial charge in [-0.2, -0.15) is 0 Å². The van der Waals surface area contributed by atoms with E-state index in [1.807, 2.05) is 68.4 Å². The van der Waals surface area contributed by atoms with Crippen molar-refractivity contribution in [1.29, 1.82) is 0 Å². The Morgan fingerprint density at radius 3 is 2.63 bits per heavy atom. The number of nitrogens with one attached hydrogen (secondary N) is 2. The number of thioether (sulfide) groups is 1. The lowest BCUT2D eigenvalue weighted by Gasteiger charge is -2.11. The Labute approximate surface area is 162 Å². The van der Waals surface area contributed by atoms with Crippen molar-refractivity contribution in [2.45, 2.75) is 18.9 Å².